The van der Waals surface area contributed by atoms with Crippen molar-refractivity contribution in [3.05, 3.63) is 66.2 Å². The van der Waals surface area contributed by atoms with Gasteiger partial charge in [-0.15, -0.1) is 0 Å². The Labute approximate surface area is 117 Å². The Bertz CT molecular complexity index is 559. The van der Waals surface area contributed by atoms with Gasteiger partial charge in [-0.1, -0.05) is 24.3 Å². The number of ether oxygens (including phenoxy) is 1. The lowest BCUT2D eigenvalue weighted by atomic mass is 10.1. The summed E-state index contributed by atoms with van der Waals surface area (Å²) in [5, 5.41) is 12.0. The molecule has 0 aliphatic carbocycles. The van der Waals surface area contributed by atoms with Crippen LogP contribution in [0.5, 0.6) is 5.75 Å². The predicted octanol–water partition coefficient (Wildman–Crippen LogP) is 1.32. The lowest BCUT2D eigenvalue weighted by Gasteiger charge is -2.13. The van der Waals surface area contributed by atoms with E-state index in [0.717, 1.165) is 5.56 Å². The molecule has 1 heterocycles. The molecule has 0 radical (unpaired) electrons. The Balaban J connectivity index is 1.91. The molecular formula is C15H16N2O3. The molecular weight excluding hydrogens is 256 g/mol. The van der Waals surface area contributed by atoms with Gasteiger partial charge in [0.1, 0.15) is 11.8 Å². The van der Waals surface area contributed by atoms with Crippen molar-refractivity contribution in [3.63, 3.8) is 0 Å². The monoisotopic (exact) mass is 272 g/mol. The highest BCUT2D eigenvalue weighted by atomic mass is 16.5. The van der Waals surface area contributed by atoms with Gasteiger partial charge in [-0.05, 0) is 36.3 Å². The zero-order valence-electron chi connectivity index (χ0n) is 10.8. The van der Waals surface area contributed by atoms with E-state index in [1.54, 1.807) is 48.7 Å². The number of rotatable bonds is 4. The van der Waals surface area contributed by atoms with Crippen molar-refractivity contribution in [2.24, 2.45) is 5.73 Å². The minimum atomic E-state index is -0.765. The smallest absolute Gasteiger partial charge is 0.329 e. The van der Waals surface area contributed by atoms with Gasteiger partial charge in [0.2, 0.25) is 5.88 Å². The lowest BCUT2D eigenvalue weighted by Crippen LogP contribution is -2.35. The summed E-state index contributed by atoms with van der Waals surface area (Å²) in [6.07, 6.45) is 9.00. The highest BCUT2D eigenvalue weighted by Gasteiger charge is 2.17. The van der Waals surface area contributed by atoms with Gasteiger partial charge < -0.3 is 20.9 Å². The van der Waals surface area contributed by atoms with Crippen LogP contribution in [0.3, 0.4) is 0 Å². The molecule has 0 spiro atoms. The quantitative estimate of drug-likeness (QED) is 0.720. The van der Waals surface area contributed by atoms with E-state index in [-0.39, 0.29) is 5.75 Å². The van der Waals surface area contributed by atoms with E-state index < -0.39 is 12.0 Å². The molecule has 0 saturated heterocycles. The fourth-order valence-electron chi connectivity index (χ4n) is 1.66. The first-order valence-corrected chi connectivity index (χ1v) is 6.20. The van der Waals surface area contributed by atoms with Crippen molar-refractivity contribution in [2.75, 3.05) is 0 Å². The van der Waals surface area contributed by atoms with E-state index in [0.29, 0.717) is 12.3 Å². The fourth-order valence-corrected chi connectivity index (χ4v) is 1.66. The number of allylic oxidation sites excluding steroid dienone is 4. The van der Waals surface area contributed by atoms with Gasteiger partial charge >= 0.3 is 5.97 Å². The molecule has 0 aromatic heterocycles. The van der Waals surface area contributed by atoms with Crippen LogP contribution in [-0.4, -0.2) is 17.1 Å². The number of carbonyl (C=O) groups is 1. The topological polar surface area (TPSA) is 84.6 Å². The van der Waals surface area contributed by atoms with Gasteiger partial charge in [0.05, 0.1) is 0 Å². The molecule has 0 bridgehead atoms. The minimum absolute atomic E-state index is 0.177. The summed E-state index contributed by atoms with van der Waals surface area (Å²) < 4.78 is 5.16. The van der Waals surface area contributed by atoms with Crippen molar-refractivity contribution >= 4 is 5.97 Å². The molecule has 0 unspecified atom stereocenters. The molecule has 0 amide bonds. The summed E-state index contributed by atoms with van der Waals surface area (Å²) in [6.45, 7) is 0. The van der Waals surface area contributed by atoms with E-state index >= 15 is 0 Å². The summed E-state index contributed by atoms with van der Waals surface area (Å²) in [5.41, 5.74) is 6.67. The van der Waals surface area contributed by atoms with Crippen LogP contribution < -0.4 is 11.1 Å². The number of carbonyl (C=O) groups excluding carboxylic acids is 1. The van der Waals surface area contributed by atoms with Crippen LogP contribution in [0.1, 0.15) is 5.56 Å². The van der Waals surface area contributed by atoms with Crippen molar-refractivity contribution in [2.45, 2.75) is 12.5 Å². The average Bonchev–Trinajstić information content (AvgIpc) is 2.70. The van der Waals surface area contributed by atoms with Gasteiger partial charge in [0.15, 0.2) is 0 Å². The van der Waals surface area contributed by atoms with Crippen LogP contribution in [0, 0.1) is 0 Å². The summed E-state index contributed by atoms with van der Waals surface area (Å²) in [6, 6.07) is 5.78. The second-order valence-electron chi connectivity index (χ2n) is 4.32. The Morgan fingerprint density at radius 1 is 1.25 bits per heavy atom. The van der Waals surface area contributed by atoms with E-state index in [9.17, 15) is 9.90 Å². The van der Waals surface area contributed by atoms with Crippen LogP contribution in [0.2, 0.25) is 0 Å². The summed E-state index contributed by atoms with van der Waals surface area (Å²) in [7, 11) is 0. The highest BCUT2D eigenvalue weighted by Crippen LogP contribution is 2.11. The van der Waals surface area contributed by atoms with Crippen molar-refractivity contribution in [1.29, 1.82) is 0 Å². The highest BCUT2D eigenvalue weighted by molar-refractivity contribution is 5.77. The number of esters is 1. The number of nitrogens with two attached hydrogens (primary N) is 1. The number of aromatic hydroxyl groups is 1. The Morgan fingerprint density at radius 3 is 2.75 bits per heavy atom. The molecule has 2 rings (SSSR count). The first-order valence-electron chi connectivity index (χ1n) is 6.20. The maximum Gasteiger partial charge on any atom is 0.329 e. The molecule has 1 aliphatic heterocycles. The molecule has 5 nitrogen and oxygen atoms in total. The van der Waals surface area contributed by atoms with Crippen molar-refractivity contribution in [3.8, 4) is 5.75 Å². The fraction of sp³-hybridized carbons (Fsp3) is 0.133. The number of hydrogen-bond donors (Lipinski definition) is 3. The molecule has 1 aromatic carbocycles. The number of benzene rings is 1. The molecule has 104 valence electrons. The first kappa shape index (κ1) is 13.9. The van der Waals surface area contributed by atoms with Crippen LogP contribution in [0.4, 0.5) is 0 Å². The van der Waals surface area contributed by atoms with E-state index in [1.165, 1.54) is 0 Å². The molecule has 4 N–H and O–H groups in total. The molecule has 1 aromatic rings. The summed E-state index contributed by atoms with van der Waals surface area (Å²) in [4.78, 5) is 11.9. The van der Waals surface area contributed by atoms with Crippen LogP contribution in [0.15, 0.2) is 60.7 Å². The standard InChI is InChI=1S/C15H16N2O3/c16-13(10-11-5-7-12(18)8-6-11)15(19)20-14-4-2-1-3-9-17-14/h1-9,13,17-18H,10,16H2/t13-/m0/s1. The summed E-state index contributed by atoms with van der Waals surface area (Å²) in [5.74, 6) is -0.00188. The van der Waals surface area contributed by atoms with Gasteiger partial charge in [0, 0.05) is 6.20 Å². The molecule has 1 atom stereocenters. The molecule has 1 aliphatic rings. The number of hydrogen-bond acceptors (Lipinski definition) is 5. The number of phenols is 1. The van der Waals surface area contributed by atoms with Crippen molar-refractivity contribution in [1.82, 2.24) is 5.32 Å². The first-order chi connectivity index (χ1) is 9.65. The Kier molecular flexibility index (Phi) is 4.57. The zero-order chi connectivity index (χ0) is 14.4. The van der Waals surface area contributed by atoms with Crippen molar-refractivity contribution < 1.29 is 14.6 Å². The lowest BCUT2D eigenvalue weighted by molar-refractivity contribution is -0.141. The Morgan fingerprint density at radius 2 is 2.00 bits per heavy atom. The molecule has 5 heteroatoms. The predicted molar refractivity (Wildman–Crippen MR) is 75.4 cm³/mol. The average molecular weight is 272 g/mol. The van der Waals surface area contributed by atoms with E-state index in [2.05, 4.69) is 5.32 Å². The molecule has 0 fully saturated rings. The second-order valence-corrected chi connectivity index (χ2v) is 4.32. The third-order valence-electron chi connectivity index (χ3n) is 2.70. The molecule has 0 saturated carbocycles. The SMILES string of the molecule is N[C@@H](Cc1ccc(O)cc1)C(=O)OC1=CC=CC=CN1. The third-order valence-corrected chi connectivity index (χ3v) is 2.70. The largest absolute Gasteiger partial charge is 0.508 e. The van der Waals surface area contributed by atoms with E-state index in [4.69, 9.17) is 10.5 Å². The number of nitrogens with one attached hydrogen (secondary N) is 1. The van der Waals surface area contributed by atoms with Gasteiger partial charge in [-0.3, -0.25) is 0 Å². The van der Waals surface area contributed by atoms with Gasteiger partial charge in [-0.25, -0.2) is 4.79 Å². The van der Waals surface area contributed by atoms with Crippen LogP contribution >= 0.6 is 0 Å². The third kappa shape index (κ3) is 4.00. The zero-order valence-corrected chi connectivity index (χ0v) is 10.8. The number of phenolic OH excluding ortho intramolecular Hbond substituents is 1. The van der Waals surface area contributed by atoms with Crippen LogP contribution in [-0.2, 0) is 16.0 Å². The maximum absolute atomic E-state index is 11.9. The molecule has 20 heavy (non-hydrogen) atoms. The minimum Gasteiger partial charge on any atom is -0.508 e. The second kappa shape index (κ2) is 6.58. The van der Waals surface area contributed by atoms with Gasteiger partial charge in [0.25, 0.3) is 0 Å². The van der Waals surface area contributed by atoms with E-state index in [1.807, 2.05) is 6.08 Å². The normalized spacial score (nSPS) is 14.9. The van der Waals surface area contributed by atoms with Crippen LogP contribution in [0.25, 0.3) is 0 Å². The van der Waals surface area contributed by atoms with Gasteiger partial charge in [-0.2, -0.15) is 0 Å². The maximum atomic E-state index is 11.9. The summed E-state index contributed by atoms with van der Waals surface area (Å²) >= 11 is 0. The Hall–Kier alpha value is -2.53.